The predicted octanol–water partition coefficient (Wildman–Crippen LogP) is 2.66. The first-order chi connectivity index (χ1) is 12.0. The highest BCUT2D eigenvalue weighted by atomic mass is 32.2. The smallest absolute Gasteiger partial charge is 0.240 e. The molecule has 2 rings (SSSR count). The third-order valence-corrected chi connectivity index (χ3v) is 5.17. The number of benzene rings is 2. The summed E-state index contributed by atoms with van der Waals surface area (Å²) in [5, 5.41) is 9.86. The molecule has 0 amide bonds. The lowest BCUT2D eigenvalue weighted by Gasteiger charge is -2.05. The van der Waals surface area contributed by atoms with Crippen molar-refractivity contribution in [2.75, 3.05) is 6.54 Å². The van der Waals surface area contributed by atoms with Gasteiger partial charge in [0.1, 0.15) is 6.10 Å². The topological polar surface area (TPSA) is 66.4 Å². The van der Waals surface area contributed by atoms with Gasteiger partial charge in [-0.05, 0) is 37.5 Å². The van der Waals surface area contributed by atoms with Gasteiger partial charge < -0.3 is 5.11 Å². The molecule has 1 atom stereocenters. The summed E-state index contributed by atoms with van der Waals surface area (Å²) in [6, 6.07) is 16.6. The van der Waals surface area contributed by atoms with Gasteiger partial charge in [0, 0.05) is 13.0 Å². The van der Waals surface area contributed by atoms with E-state index >= 15 is 0 Å². The average molecular weight is 357 g/mol. The van der Waals surface area contributed by atoms with Gasteiger partial charge >= 0.3 is 0 Å². The van der Waals surface area contributed by atoms with Crippen molar-refractivity contribution in [1.82, 2.24) is 4.72 Å². The van der Waals surface area contributed by atoms with Gasteiger partial charge in [0.25, 0.3) is 0 Å². The number of hydrogen-bond acceptors (Lipinski definition) is 3. The fourth-order valence-corrected chi connectivity index (χ4v) is 3.29. The molecule has 0 aliphatic carbocycles. The van der Waals surface area contributed by atoms with Gasteiger partial charge in [-0.15, -0.1) is 0 Å². The molecule has 0 aromatic heterocycles. The number of aryl methyl sites for hydroxylation is 2. The quantitative estimate of drug-likeness (QED) is 0.591. The summed E-state index contributed by atoms with van der Waals surface area (Å²) in [5.74, 6) is 5.58. The van der Waals surface area contributed by atoms with Crippen molar-refractivity contribution in [2.24, 2.45) is 0 Å². The predicted molar refractivity (Wildman–Crippen MR) is 99.5 cm³/mol. The summed E-state index contributed by atoms with van der Waals surface area (Å²) in [4.78, 5) is 0.244. The molecular weight excluding hydrogens is 334 g/mol. The van der Waals surface area contributed by atoms with Crippen LogP contribution in [0.2, 0.25) is 0 Å². The zero-order chi connectivity index (χ0) is 18.1. The van der Waals surface area contributed by atoms with E-state index in [1.807, 2.05) is 37.3 Å². The second kappa shape index (κ2) is 9.38. The second-order valence-corrected chi connectivity index (χ2v) is 7.59. The molecule has 25 heavy (non-hydrogen) atoms. The summed E-state index contributed by atoms with van der Waals surface area (Å²) in [7, 11) is -3.50. The van der Waals surface area contributed by atoms with Crippen LogP contribution in [0.4, 0.5) is 0 Å². The Hall–Kier alpha value is -2.13. The molecule has 1 unspecified atom stereocenters. The van der Waals surface area contributed by atoms with Gasteiger partial charge in [0.15, 0.2) is 0 Å². The summed E-state index contributed by atoms with van der Waals surface area (Å²) in [6.07, 6.45) is 0.977. The number of aliphatic hydroxyl groups is 1. The molecule has 132 valence electrons. The Kier molecular flexibility index (Phi) is 7.20. The zero-order valence-electron chi connectivity index (χ0n) is 14.3. The fourth-order valence-electron chi connectivity index (χ4n) is 2.26. The second-order valence-electron chi connectivity index (χ2n) is 5.82. The molecule has 4 nitrogen and oxygen atoms in total. The number of hydrogen-bond donors (Lipinski definition) is 2. The van der Waals surface area contributed by atoms with E-state index in [-0.39, 0.29) is 11.4 Å². The molecule has 0 saturated carbocycles. The van der Waals surface area contributed by atoms with Crippen LogP contribution in [0.15, 0.2) is 59.5 Å². The van der Waals surface area contributed by atoms with Crippen molar-refractivity contribution in [3.63, 3.8) is 0 Å². The van der Waals surface area contributed by atoms with E-state index in [1.165, 1.54) is 0 Å². The Labute approximate surface area is 150 Å². The minimum atomic E-state index is -3.50. The van der Waals surface area contributed by atoms with Crippen LogP contribution in [-0.2, 0) is 16.4 Å². The normalized spacial score (nSPS) is 12.2. The molecule has 0 heterocycles. The number of nitrogens with one attached hydrogen (secondary N) is 1. The van der Waals surface area contributed by atoms with Crippen LogP contribution in [0.3, 0.4) is 0 Å². The molecule has 0 aliphatic rings. The Morgan fingerprint density at radius 3 is 2.44 bits per heavy atom. The van der Waals surface area contributed by atoms with Gasteiger partial charge in [-0.25, -0.2) is 13.1 Å². The van der Waals surface area contributed by atoms with E-state index in [4.69, 9.17) is 0 Å². The lowest BCUT2D eigenvalue weighted by Crippen LogP contribution is -2.24. The van der Waals surface area contributed by atoms with Crippen LogP contribution in [0.1, 0.15) is 24.0 Å². The maximum absolute atomic E-state index is 12.1. The Morgan fingerprint density at radius 2 is 1.76 bits per heavy atom. The van der Waals surface area contributed by atoms with Crippen molar-refractivity contribution in [3.05, 3.63) is 65.7 Å². The van der Waals surface area contributed by atoms with E-state index in [2.05, 4.69) is 16.6 Å². The molecule has 0 aliphatic heterocycles. The molecule has 2 aromatic carbocycles. The van der Waals surface area contributed by atoms with Crippen LogP contribution in [0.25, 0.3) is 0 Å². The SMILES string of the molecule is Cc1ccc(S(=O)(=O)NCCC#CC(O)CCc2ccccc2)cc1. The lowest BCUT2D eigenvalue weighted by atomic mass is 10.1. The summed E-state index contributed by atoms with van der Waals surface area (Å²) < 4.78 is 26.7. The number of rotatable bonds is 7. The van der Waals surface area contributed by atoms with Crippen LogP contribution < -0.4 is 4.72 Å². The minimum absolute atomic E-state index is 0.217. The van der Waals surface area contributed by atoms with E-state index < -0.39 is 16.1 Å². The van der Waals surface area contributed by atoms with Gasteiger partial charge in [0.2, 0.25) is 10.0 Å². The minimum Gasteiger partial charge on any atom is -0.380 e. The molecule has 2 aromatic rings. The third kappa shape index (κ3) is 6.71. The van der Waals surface area contributed by atoms with E-state index in [0.29, 0.717) is 12.8 Å². The maximum Gasteiger partial charge on any atom is 0.240 e. The molecule has 2 N–H and O–H groups in total. The maximum atomic E-state index is 12.1. The standard InChI is InChI=1S/C20H23NO3S/c1-17-10-14-20(15-11-17)25(23,24)21-16-6-5-9-19(22)13-12-18-7-3-2-4-8-18/h2-4,7-8,10-11,14-15,19,21-22H,6,12-13,16H2,1H3. The third-order valence-electron chi connectivity index (χ3n) is 3.69. The van der Waals surface area contributed by atoms with Crippen LogP contribution in [-0.4, -0.2) is 26.2 Å². The summed E-state index contributed by atoms with van der Waals surface area (Å²) in [5.41, 5.74) is 2.17. The monoisotopic (exact) mass is 357 g/mol. The van der Waals surface area contributed by atoms with E-state index in [9.17, 15) is 13.5 Å². The van der Waals surface area contributed by atoms with Gasteiger partial charge in [-0.3, -0.25) is 0 Å². The number of sulfonamides is 1. The van der Waals surface area contributed by atoms with E-state index in [1.54, 1.807) is 24.3 Å². The van der Waals surface area contributed by atoms with Gasteiger partial charge in [-0.2, -0.15) is 0 Å². The van der Waals surface area contributed by atoms with Crippen LogP contribution in [0.5, 0.6) is 0 Å². The molecule has 5 heteroatoms. The fraction of sp³-hybridized carbons (Fsp3) is 0.300. The molecule has 0 fully saturated rings. The summed E-state index contributed by atoms with van der Waals surface area (Å²) in [6.45, 7) is 2.12. The van der Waals surface area contributed by atoms with Crippen molar-refractivity contribution >= 4 is 10.0 Å². The van der Waals surface area contributed by atoms with E-state index in [0.717, 1.165) is 17.5 Å². The highest BCUT2D eigenvalue weighted by Crippen LogP contribution is 2.09. The number of aliphatic hydroxyl groups excluding tert-OH is 1. The van der Waals surface area contributed by atoms with Crippen molar-refractivity contribution in [1.29, 1.82) is 0 Å². The lowest BCUT2D eigenvalue weighted by molar-refractivity contribution is 0.222. The highest BCUT2D eigenvalue weighted by Gasteiger charge is 2.12. The average Bonchev–Trinajstić information content (AvgIpc) is 2.61. The molecule has 0 bridgehead atoms. The Balaban J connectivity index is 1.73. The molecule has 0 radical (unpaired) electrons. The Morgan fingerprint density at radius 1 is 1.08 bits per heavy atom. The van der Waals surface area contributed by atoms with Crippen molar-refractivity contribution < 1.29 is 13.5 Å². The van der Waals surface area contributed by atoms with Crippen molar-refractivity contribution in [2.45, 2.75) is 37.2 Å². The molecule has 0 saturated heterocycles. The molecule has 0 spiro atoms. The largest absolute Gasteiger partial charge is 0.380 e. The summed E-state index contributed by atoms with van der Waals surface area (Å²) >= 11 is 0. The van der Waals surface area contributed by atoms with Gasteiger partial charge in [-0.1, -0.05) is 59.9 Å². The van der Waals surface area contributed by atoms with Crippen LogP contribution in [0, 0.1) is 18.8 Å². The highest BCUT2D eigenvalue weighted by molar-refractivity contribution is 7.89. The first-order valence-electron chi connectivity index (χ1n) is 8.24. The Bertz CT molecular complexity index is 819. The van der Waals surface area contributed by atoms with Crippen molar-refractivity contribution in [3.8, 4) is 11.8 Å². The molecular formula is C20H23NO3S. The first kappa shape index (κ1) is 19.2. The van der Waals surface area contributed by atoms with Crippen LogP contribution >= 0.6 is 0 Å². The zero-order valence-corrected chi connectivity index (χ0v) is 15.1. The van der Waals surface area contributed by atoms with Gasteiger partial charge in [0.05, 0.1) is 4.90 Å². The first-order valence-corrected chi connectivity index (χ1v) is 9.72.